The van der Waals surface area contributed by atoms with Crippen LogP contribution in [0.2, 0.25) is 0 Å². The minimum atomic E-state index is 0.362. The van der Waals surface area contributed by atoms with E-state index in [0.717, 1.165) is 29.5 Å². The van der Waals surface area contributed by atoms with Gasteiger partial charge in [0.05, 0.1) is 12.6 Å². The summed E-state index contributed by atoms with van der Waals surface area (Å²) in [6.45, 7) is 0. The Hall–Kier alpha value is -1.64. The average molecular weight is 203 g/mol. The second-order valence-corrected chi connectivity index (χ2v) is 4.03. The first-order valence-corrected chi connectivity index (χ1v) is 5.17. The highest BCUT2D eigenvalue weighted by Crippen LogP contribution is 2.42. The van der Waals surface area contributed by atoms with E-state index in [-0.39, 0.29) is 0 Å². The van der Waals surface area contributed by atoms with E-state index in [1.54, 1.807) is 7.11 Å². The molecule has 1 aliphatic carbocycles. The highest BCUT2D eigenvalue weighted by Gasteiger charge is 2.27. The van der Waals surface area contributed by atoms with Crippen molar-refractivity contribution in [2.45, 2.75) is 18.9 Å². The van der Waals surface area contributed by atoms with Gasteiger partial charge in [0.15, 0.2) is 5.88 Å². The lowest BCUT2D eigenvalue weighted by Gasteiger charge is -2.05. The molecule has 1 N–H and O–H groups in total. The molecule has 0 atom stereocenters. The normalized spacial score (nSPS) is 15.8. The Labute approximate surface area is 87.9 Å². The molecule has 1 aromatic carbocycles. The summed E-state index contributed by atoms with van der Waals surface area (Å²) in [6.07, 6.45) is 2.32. The lowest BCUT2D eigenvalue weighted by Crippen LogP contribution is -1.92. The van der Waals surface area contributed by atoms with E-state index in [4.69, 9.17) is 4.74 Å². The average Bonchev–Trinajstić information content (AvgIpc) is 3.00. The predicted molar refractivity (Wildman–Crippen MR) is 58.4 cm³/mol. The van der Waals surface area contributed by atoms with Gasteiger partial charge < -0.3 is 14.4 Å². The van der Waals surface area contributed by atoms with E-state index in [2.05, 4.69) is 0 Å². The van der Waals surface area contributed by atoms with Crippen LogP contribution in [0.5, 0.6) is 11.6 Å². The van der Waals surface area contributed by atoms with Crippen molar-refractivity contribution in [1.82, 2.24) is 4.57 Å². The molecule has 3 heteroatoms. The Bertz CT molecular complexity index is 512. The monoisotopic (exact) mass is 203 g/mol. The van der Waals surface area contributed by atoms with Crippen molar-refractivity contribution >= 4 is 10.9 Å². The second kappa shape index (κ2) is 2.92. The SMILES string of the molecule is COc1ccc2cc(O)n(C3CC3)c2c1. The van der Waals surface area contributed by atoms with Crippen molar-refractivity contribution in [1.29, 1.82) is 0 Å². The third kappa shape index (κ3) is 1.27. The molecule has 1 heterocycles. The molecule has 1 aromatic heterocycles. The Morgan fingerprint density at radius 1 is 1.33 bits per heavy atom. The van der Waals surface area contributed by atoms with Crippen LogP contribution in [0.1, 0.15) is 18.9 Å². The maximum absolute atomic E-state index is 9.83. The lowest BCUT2D eigenvalue weighted by atomic mass is 10.2. The van der Waals surface area contributed by atoms with Crippen LogP contribution in [0, 0.1) is 0 Å². The van der Waals surface area contributed by atoms with Crippen LogP contribution in [0.15, 0.2) is 24.3 Å². The van der Waals surface area contributed by atoms with Gasteiger partial charge in [-0.3, -0.25) is 0 Å². The Morgan fingerprint density at radius 2 is 2.13 bits per heavy atom. The maximum Gasteiger partial charge on any atom is 0.192 e. The van der Waals surface area contributed by atoms with E-state index in [1.807, 2.05) is 28.8 Å². The molecule has 3 rings (SSSR count). The number of aromatic hydroxyl groups is 1. The molecule has 0 radical (unpaired) electrons. The fraction of sp³-hybridized carbons (Fsp3) is 0.333. The number of ether oxygens (including phenoxy) is 1. The minimum Gasteiger partial charge on any atom is -0.497 e. The first kappa shape index (κ1) is 8.65. The fourth-order valence-electron chi connectivity index (χ4n) is 2.03. The molecule has 1 fully saturated rings. The van der Waals surface area contributed by atoms with Gasteiger partial charge in [0, 0.05) is 23.6 Å². The quantitative estimate of drug-likeness (QED) is 0.814. The van der Waals surface area contributed by atoms with Gasteiger partial charge in [-0.2, -0.15) is 0 Å². The fourth-order valence-corrected chi connectivity index (χ4v) is 2.03. The zero-order valence-electron chi connectivity index (χ0n) is 8.60. The third-order valence-corrected chi connectivity index (χ3v) is 2.94. The summed E-state index contributed by atoms with van der Waals surface area (Å²) < 4.78 is 7.19. The molecule has 1 saturated carbocycles. The summed E-state index contributed by atoms with van der Waals surface area (Å²) in [5.74, 6) is 1.20. The Kier molecular flexibility index (Phi) is 1.69. The summed E-state index contributed by atoms with van der Waals surface area (Å²) >= 11 is 0. The molecular formula is C12H13NO2. The van der Waals surface area contributed by atoms with Crippen molar-refractivity contribution in [3.8, 4) is 11.6 Å². The highest BCUT2D eigenvalue weighted by molar-refractivity contribution is 5.84. The van der Waals surface area contributed by atoms with Crippen LogP contribution in [-0.4, -0.2) is 16.8 Å². The molecule has 0 unspecified atom stereocenters. The first-order chi connectivity index (χ1) is 7.29. The standard InChI is InChI=1S/C12H13NO2/c1-15-10-5-2-8-6-12(14)13(9-3-4-9)11(8)7-10/h2,5-7,9,14H,3-4H2,1H3. The van der Waals surface area contributed by atoms with Gasteiger partial charge in [0.2, 0.25) is 0 Å². The van der Waals surface area contributed by atoms with Crippen LogP contribution in [0.25, 0.3) is 10.9 Å². The van der Waals surface area contributed by atoms with E-state index < -0.39 is 0 Å². The molecule has 15 heavy (non-hydrogen) atoms. The van der Waals surface area contributed by atoms with Gasteiger partial charge in [0.25, 0.3) is 0 Å². The van der Waals surface area contributed by atoms with Crippen LogP contribution >= 0.6 is 0 Å². The van der Waals surface area contributed by atoms with E-state index >= 15 is 0 Å². The summed E-state index contributed by atoms with van der Waals surface area (Å²) in [7, 11) is 1.66. The largest absolute Gasteiger partial charge is 0.497 e. The molecule has 0 bridgehead atoms. The van der Waals surface area contributed by atoms with Gasteiger partial charge in [-0.05, 0) is 25.0 Å². The van der Waals surface area contributed by atoms with Gasteiger partial charge >= 0.3 is 0 Å². The molecule has 0 saturated heterocycles. The molecule has 1 aliphatic rings. The molecule has 3 nitrogen and oxygen atoms in total. The number of benzene rings is 1. The number of hydrogen-bond donors (Lipinski definition) is 1. The van der Waals surface area contributed by atoms with Crippen molar-refractivity contribution in [3.63, 3.8) is 0 Å². The number of nitrogens with zero attached hydrogens (tertiary/aromatic N) is 1. The number of rotatable bonds is 2. The number of fused-ring (bicyclic) bond motifs is 1. The Morgan fingerprint density at radius 3 is 2.80 bits per heavy atom. The van der Waals surface area contributed by atoms with Crippen molar-refractivity contribution in [3.05, 3.63) is 24.3 Å². The minimum absolute atomic E-state index is 0.362. The van der Waals surface area contributed by atoms with Crippen LogP contribution in [0.3, 0.4) is 0 Å². The summed E-state index contributed by atoms with van der Waals surface area (Å²) in [4.78, 5) is 0. The summed E-state index contributed by atoms with van der Waals surface area (Å²) in [6, 6.07) is 8.17. The zero-order valence-corrected chi connectivity index (χ0v) is 8.60. The number of hydrogen-bond acceptors (Lipinski definition) is 2. The lowest BCUT2D eigenvalue weighted by molar-refractivity contribution is 0.413. The smallest absolute Gasteiger partial charge is 0.192 e. The predicted octanol–water partition coefficient (Wildman–Crippen LogP) is 2.69. The van der Waals surface area contributed by atoms with E-state index in [1.165, 1.54) is 0 Å². The third-order valence-electron chi connectivity index (χ3n) is 2.94. The van der Waals surface area contributed by atoms with Gasteiger partial charge in [-0.15, -0.1) is 0 Å². The van der Waals surface area contributed by atoms with Crippen molar-refractivity contribution < 1.29 is 9.84 Å². The second-order valence-electron chi connectivity index (χ2n) is 4.03. The van der Waals surface area contributed by atoms with Gasteiger partial charge in [-0.1, -0.05) is 0 Å². The van der Waals surface area contributed by atoms with Crippen LogP contribution in [0.4, 0.5) is 0 Å². The topological polar surface area (TPSA) is 34.4 Å². The van der Waals surface area contributed by atoms with Crippen molar-refractivity contribution in [2.75, 3.05) is 7.11 Å². The highest BCUT2D eigenvalue weighted by atomic mass is 16.5. The van der Waals surface area contributed by atoms with E-state index in [0.29, 0.717) is 11.9 Å². The summed E-state index contributed by atoms with van der Waals surface area (Å²) in [5, 5.41) is 10.9. The summed E-state index contributed by atoms with van der Waals surface area (Å²) in [5.41, 5.74) is 1.06. The van der Waals surface area contributed by atoms with Gasteiger partial charge in [0.1, 0.15) is 5.75 Å². The molecular weight excluding hydrogens is 190 g/mol. The Balaban J connectivity index is 2.26. The molecule has 0 amide bonds. The number of methoxy groups -OCH3 is 1. The molecule has 2 aromatic rings. The zero-order chi connectivity index (χ0) is 10.4. The van der Waals surface area contributed by atoms with Crippen molar-refractivity contribution in [2.24, 2.45) is 0 Å². The molecule has 0 aliphatic heterocycles. The van der Waals surface area contributed by atoms with Crippen LogP contribution in [-0.2, 0) is 0 Å². The molecule has 78 valence electrons. The maximum atomic E-state index is 9.83. The number of aromatic nitrogens is 1. The van der Waals surface area contributed by atoms with Crippen LogP contribution < -0.4 is 4.74 Å². The van der Waals surface area contributed by atoms with Gasteiger partial charge in [-0.25, -0.2) is 0 Å². The first-order valence-electron chi connectivity index (χ1n) is 5.17. The van der Waals surface area contributed by atoms with E-state index in [9.17, 15) is 5.11 Å². The molecule has 0 spiro atoms.